The molecule has 2 saturated heterocycles. The zero-order chi connectivity index (χ0) is 20.7. The molecule has 0 radical (unpaired) electrons. The smallest absolute Gasteiger partial charge is 0.356 e. The number of alkyl halides is 3. The van der Waals surface area contributed by atoms with Crippen molar-refractivity contribution in [2.75, 3.05) is 46.3 Å². The lowest BCUT2D eigenvalue weighted by atomic mass is 10.1. The number of rotatable bonds is 7. The van der Waals surface area contributed by atoms with Crippen molar-refractivity contribution >= 4 is 29.9 Å². The first kappa shape index (κ1) is 25.2. The molecular weight excluding hydrogens is 506 g/mol. The molecule has 2 N–H and O–H groups in total. The number of aliphatic imine (C=N–C) groups is 1. The van der Waals surface area contributed by atoms with Crippen LogP contribution in [0.5, 0.6) is 0 Å². The third-order valence-corrected chi connectivity index (χ3v) is 5.67. The predicted molar refractivity (Wildman–Crippen MR) is 125 cm³/mol. The molecule has 170 valence electrons. The second-order valence-corrected chi connectivity index (χ2v) is 7.96. The minimum absolute atomic E-state index is 0. The summed E-state index contributed by atoms with van der Waals surface area (Å²) in [6, 6.07) is 5.77. The van der Waals surface area contributed by atoms with E-state index in [1.54, 1.807) is 19.2 Å². The zero-order valence-electron chi connectivity index (χ0n) is 17.5. The van der Waals surface area contributed by atoms with E-state index in [1.165, 1.54) is 25.9 Å². The van der Waals surface area contributed by atoms with Gasteiger partial charge in [-0.1, -0.05) is 12.1 Å². The van der Waals surface area contributed by atoms with E-state index in [0.29, 0.717) is 12.6 Å². The average Bonchev–Trinajstić information content (AvgIpc) is 3.36. The molecule has 1 aromatic rings. The standard InChI is InChI=1S/C21H32F3N5.HI/c1-25-20(26-10-4-13-28-11-2-3-12-28)27-19-9-14-29(16-19)15-17-5-7-18(8-6-17)21(22,23)24;/h5-8,19H,2-4,9-16H2,1H3,(H2,25,26,27);1H. The molecule has 0 amide bonds. The topological polar surface area (TPSA) is 42.9 Å². The first-order valence-corrected chi connectivity index (χ1v) is 10.5. The molecule has 2 aliphatic heterocycles. The molecule has 3 rings (SSSR count). The van der Waals surface area contributed by atoms with Crippen molar-refractivity contribution in [3.63, 3.8) is 0 Å². The van der Waals surface area contributed by atoms with Gasteiger partial charge in [-0.3, -0.25) is 9.89 Å². The molecular formula is C21H33F3IN5. The molecule has 9 heteroatoms. The van der Waals surface area contributed by atoms with Crippen LogP contribution >= 0.6 is 24.0 Å². The molecule has 0 aromatic heterocycles. The molecule has 0 bridgehead atoms. The van der Waals surface area contributed by atoms with Gasteiger partial charge in [-0.15, -0.1) is 24.0 Å². The van der Waals surface area contributed by atoms with E-state index in [2.05, 4.69) is 25.4 Å². The van der Waals surface area contributed by atoms with Crippen molar-refractivity contribution in [2.45, 2.75) is 44.4 Å². The van der Waals surface area contributed by atoms with Crippen molar-refractivity contribution in [1.82, 2.24) is 20.4 Å². The summed E-state index contributed by atoms with van der Waals surface area (Å²) in [5.74, 6) is 0.827. The lowest BCUT2D eigenvalue weighted by Crippen LogP contribution is -2.45. The summed E-state index contributed by atoms with van der Waals surface area (Å²) in [6.07, 6.45) is 0.460. The summed E-state index contributed by atoms with van der Waals surface area (Å²) in [4.78, 5) is 9.09. The number of likely N-dealkylation sites (tertiary alicyclic amines) is 2. The van der Waals surface area contributed by atoms with Gasteiger partial charge in [-0.25, -0.2) is 0 Å². The van der Waals surface area contributed by atoms with E-state index in [9.17, 15) is 13.2 Å². The van der Waals surface area contributed by atoms with Crippen molar-refractivity contribution in [3.05, 3.63) is 35.4 Å². The van der Waals surface area contributed by atoms with Gasteiger partial charge >= 0.3 is 6.18 Å². The number of hydrogen-bond acceptors (Lipinski definition) is 3. The van der Waals surface area contributed by atoms with Gasteiger partial charge in [-0.2, -0.15) is 13.2 Å². The van der Waals surface area contributed by atoms with Gasteiger partial charge in [0.1, 0.15) is 0 Å². The Morgan fingerprint density at radius 3 is 2.43 bits per heavy atom. The molecule has 0 aliphatic carbocycles. The predicted octanol–water partition coefficient (Wildman–Crippen LogP) is 3.55. The van der Waals surface area contributed by atoms with Crippen LogP contribution < -0.4 is 10.6 Å². The fourth-order valence-electron chi connectivity index (χ4n) is 4.06. The summed E-state index contributed by atoms with van der Waals surface area (Å²) in [5.41, 5.74) is 0.310. The molecule has 1 aromatic carbocycles. The molecule has 30 heavy (non-hydrogen) atoms. The third kappa shape index (κ3) is 7.88. The lowest BCUT2D eigenvalue weighted by Gasteiger charge is -2.20. The summed E-state index contributed by atoms with van der Waals surface area (Å²) < 4.78 is 38.0. The minimum atomic E-state index is -4.28. The largest absolute Gasteiger partial charge is 0.416 e. The highest BCUT2D eigenvalue weighted by molar-refractivity contribution is 14.0. The quantitative estimate of drug-likeness (QED) is 0.241. The van der Waals surface area contributed by atoms with Crippen LogP contribution in [0.15, 0.2) is 29.3 Å². The summed E-state index contributed by atoms with van der Waals surface area (Å²) in [7, 11) is 1.78. The van der Waals surface area contributed by atoms with Crippen LogP contribution in [0.25, 0.3) is 0 Å². The fourth-order valence-corrected chi connectivity index (χ4v) is 4.06. The molecule has 0 saturated carbocycles. The summed E-state index contributed by atoms with van der Waals surface area (Å²) in [6.45, 7) is 6.93. The van der Waals surface area contributed by atoms with Gasteiger partial charge < -0.3 is 15.5 Å². The van der Waals surface area contributed by atoms with Gasteiger partial charge in [0.15, 0.2) is 5.96 Å². The normalized spacial score (nSPS) is 20.9. The third-order valence-electron chi connectivity index (χ3n) is 5.67. The highest BCUT2D eigenvalue weighted by atomic mass is 127. The second kappa shape index (κ2) is 12.1. The van der Waals surface area contributed by atoms with E-state index in [0.717, 1.165) is 62.7 Å². The average molecular weight is 539 g/mol. The Balaban J connectivity index is 0.00000320. The van der Waals surface area contributed by atoms with Crippen molar-refractivity contribution in [2.24, 2.45) is 4.99 Å². The molecule has 2 aliphatic rings. The number of nitrogens with one attached hydrogen (secondary N) is 2. The summed E-state index contributed by atoms with van der Waals surface area (Å²) in [5, 5.41) is 6.87. The molecule has 0 spiro atoms. The summed E-state index contributed by atoms with van der Waals surface area (Å²) >= 11 is 0. The van der Waals surface area contributed by atoms with E-state index in [-0.39, 0.29) is 24.0 Å². The highest BCUT2D eigenvalue weighted by Crippen LogP contribution is 2.29. The Kier molecular flexibility index (Phi) is 10.2. The maximum Gasteiger partial charge on any atom is 0.416 e. The van der Waals surface area contributed by atoms with Crippen LogP contribution in [0.3, 0.4) is 0 Å². The minimum Gasteiger partial charge on any atom is -0.356 e. The van der Waals surface area contributed by atoms with Crippen molar-refractivity contribution in [1.29, 1.82) is 0 Å². The molecule has 2 fully saturated rings. The van der Waals surface area contributed by atoms with Gasteiger partial charge in [0.2, 0.25) is 0 Å². The number of hydrogen-bond donors (Lipinski definition) is 2. The van der Waals surface area contributed by atoms with Gasteiger partial charge in [0.25, 0.3) is 0 Å². The van der Waals surface area contributed by atoms with E-state index >= 15 is 0 Å². The van der Waals surface area contributed by atoms with Crippen molar-refractivity contribution < 1.29 is 13.2 Å². The SMILES string of the molecule is CN=C(NCCCN1CCCC1)NC1CCN(Cc2ccc(C(F)(F)F)cc2)C1.I. The Morgan fingerprint density at radius 1 is 1.10 bits per heavy atom. The maximum absolute atomic E-state index is 12.7. The first-order chi connectivity index (χ1) is 13.9. The van der Waals surface area contributed by atoms with E-state index in [4.69, 9.17) is 0 Å². The van der Waals surface area contributed by atoms with Crippen LogP contribution in [0.1, 0.15) is 36.8 Å². The van der Waals surface area contributed by atoms with Crippen LogP contribution in [-0.4, -0.2) is 68.1 Å². The fraction of sp³-hybridized carbons (Fsp3) is 0.667. The number of guanidine groups is 1. The van der Waals surface area contributed by atoms with Gasteiger partial charge in [0, 0.05) is 39.3 Å². The lowest BCUT2D eigenvalue weighted by molar-refractivity contribution is -0.137. The van der Waals surface area contributed by atoms with Crippen LogP contribution in [0, 0.1) is 0 Å². The zero-order valence-corrected chi connectivity index (χ0v) is 19.9. The van der Waals surface area contributed by atoms with Crippen molar-refractivity contribution in [3.8, 4) is 0 Å². The molecule has 5 nitrogen and oxygen atoms in total. The Bertz CT molecular complexity index is 660. The van der Waals surface area contributed by atoms with E-state index < -0.39 is 11.7 Å². The first-order valence-electron chi connectivity index (χ1n) is 10.5. The monoisotopic (exact) mass is 539 g/mol. The van der Waals surface area contributed by atoms with E-state index in [1.807, 2.05) is 0 Å². The molecule has 1 atom stereocenters. The Hall–Kier alpha value is -1.07. The molecule has 2 heterocycles. The Labute approximate surface area is 194 Å². The highest BCUT2D eigenvalue weighted by Gasteiger charge is 2.30. The van der Waals surface area contributed by atoms with Crippen LogP contribution in [0.2, 0.25) is 0 Å². The second-order valence-electron chi connectivity index (χ2n) is 7.96. The maximum atomic E-state index is 12.7. The van der Waals surface area contributed by atoms with Crippen LogP contribution in [0.4, 0.5) is 13.2 Å². The number of nitrogens with zero attached hydrogens (tertiary/aromatic N) is 3. The van der Waals surface area contributed by atoms with Crippen LogP contribution in [-0.2, 0) is 12.7 Å². The van der Waals surface area contributed by atoms with Gasteiger partial charge in [-0.05, 0) is 63.0 Å². The Morgan fingerprint density at radius 2 is 1.80 bits per heavy atom. The number of halogens is 4. The number of benzene rings is 1. The molecule has 1 unspecified atom stereocenters. The van der Waals surface area contributed by atoms with Gasteiger partial charge in [0.05, 0.1) is 5.56 Å².